The Kier molecular flexibility index (Phi) is 10.6. The number of aliphatic carboxylic acids is 1. The van der Waals surface area contributed by atoms with Gasteiger partial charge in [-0.05, 0) is 48.4 Å². The molecule has 3 aromatic carbocycles. The van der Waals surface area contributed by atoms with Crippen LogP contribution in [0.15, 0.2) is 76.7 Å². The van der Waals surface area contributed by atoms with Crippen molar-refractivity contribution in [3.63, 3.8) is 0 Å². The van der Waals surface area contributed by atoms with Crippen molar-refractivity contribution in [2.24, 2.45) is 9.98 Å². The van der Waals surface area contributed by atoms with E-state index in [1.807, 2.05) is 30.3 Å². The number of nitrogens with one attached hydrogen (secondary N) is 4. The van der Waals surface area contributed by atoms with Gasteiger partial charge in [-0.15, -0.1) is 0 Å². The molecular formula is C30H27Cl2FN6O5. The molecule has 1 unspecified atom stereocenters. The molecule has 0 fully saturated rings. The van der Waals surface area contributed by atoms with E-state index in [4.69, 9.17) is 23.2 Å². The Hall–Kier alpha value is -4.81. The number of halogens is 3. The number of nitrogens with zero attached hydrogens (tertiary/aromatic N) is 2. The van der Waals surface area contributed by atoms with Gasteiger partial charge in [-0.2, -0.15) is 0 Å². The van der Waals surface area contributed by atoms with Crippen LogP contribution in [0.2, 0.25) is 10.0 Å². The first kappa shape index (κ1) is 32.1. The summed E-state index contributed by atoms with van der Waals surface area (Å²) in [5.74, 6) is -3.47. The van der Waals surface area contributed by atoms with Crippen LogP contribution in [-0.4, -0.2) is 72.3 Å². The second kappa shape index (κ2) is 14.6. The summed E-state index contributed by atoms with van der Waals surface area (Å²) >= 11 is 12.7. The minimum atomic E-state index is -1.55. The zero-order valence-electron chi connectivity index (χ0n) is 23.2. The molecule has 0 aliphatic carbocycles. The van der Waals surface area contributed by atoms with Crippen LogP contribution in [0.4, 0.5) is 10.1 Å². The maximum Gasteiger partial charge on any atom is 0.328 e. The number of carbonyl (C=O) groups excluding carboxylic acids is 3. The van der Waals surface area contributed by atoms with E-state index in [-0.39, 0.29) is 40.0 Å². The van der Waals surface area contributed by atoms with Crippen molar-refractivity contribution >= 4 is 64.3 Å². The zero-order chi connectivity index (χ0) is 31.8. The van der Waals surface area contributed by atoms with E-state index in [0.717, 1.165) is 5.56 Å². The number of rotatable bonds is 9. The van der Waals surface area contributed by atoms with E-state index in [9.17, 15) is 28.7 Å². The normalized spacial score (nSPS) is 15.3. The highest BCUT2D eigenvalue weighted by molar-refractivity contribution is 6.40. The van der Waals surface area contributed by atoms with Crippen molar-refractivity contribution in [1.29, 1.82) is 0 Å². The molecule has 0 saturated carbocycles. The summed E-state index contributed by atoms with van der Waals surface area (Å²) in [7, 11) is 0. The number of hydrogen-bond donors (Lipinski definition) is 5. The molecular weight excluding hydrogens is 614 g/mol. The zero-order valence-corrected chi connectivity index (χ0v) is 24.7. The monoisotopic (exact) mass is 640 g/mol. The van der Waals surface area contributed by atoms with E-state index >= 15 is 0 Å². The van der Waals surface area contributed by atoms with Crippen molar-refractivity contribution < 1.29 is 28.7 Å². The number of benzene rings is 3. The Balaban J connectivity index is 1.37. The molecule has 11 nitrogen and oxygen atoms in total. The van der Waals surface area contributed by atoms with Crippen molar-refractivity contribution in [3.05, 3.63) is 87.9 Å². The van der Waals surface area contributed by atoms with Gasteiger partial charge < -0.3 is 26.4 Å². The van der Waals surface area contributed by atoms with Gasteiger partial charge in [0.1, 0.15) is 17.9 Å². The van der Waals surface area contributed by atoms with Gasteiger partial charge in [0.05, 0.1) is 28.7 Å². The molecule has 2 atom stereocenters. The number of aliphatic imine (C=N–C) groups is 2. The van der Waals surface area contributed by atoms with Crippen molar-refractivity contribution in [1.82, 2.24) is 16.0 Å². The topological polar surface area (TPSA) is 161 Å². The summed E-state index contributed by atoms with van der Waals surface area (Å²) in [6.07, 6.45) is -1.08. The number of carboxylic acid groups (broad SMARTS) is 1. The number of amides is 3. The lowest BCUT2D eigenvalue weighted by Crippen LogP contribution is -2.49. The fourth-order valence-corrected chi connectivity index (χ4v) is 4.74. The maximum absolute atomic E-state index is 13.3. The average molecular weight is 641 g/mol. The number of carbonyl (C=O) groups is 4. The van der Waals surface area contributed by atoms with Crippen LogP contribution >= 0.6 is 23.2 Å². The maximum atomic E-state index is 13.3. The van der Waals surface area contributed by atoms with Gasteiger partial charge in [0.25, 0.3) is 17.7 Å². The Morgan fingerprint density at radius 2 is 1.75 bits per heavy atom. The summed E-state index contributed by atoms with van der Waals surface area (Å²) in [6.45, 7) is 0.888. The number of guanidine groups is 1. The molecule has 0 aromatic heterocycles. The number of carboxylic acids is 1. The molecule has 0 saturated heterocycles. The minimum absolute atomic E-state index is 0.0131. The van der Waals surface area contributed by atoms with Crippen molar-refractivity contribution in [2.75, 3.05) is 25.0 Å². The van der Waals surface area contributed by atoms with E-state index < -0.39 is 42.4 Å². The molecule has 3 aromatic rings. The predicted octanol–water partition coefficient (Wildman–Crippen LogP) is 3.97. The number of anilines is 1. The van der Waals surface area contributed by atoms with Crippen molar-refractivity contribution in [2.45, 2.75) is 19.1 Å². The van der Waals surface area contributed by atoms with Gasteiger partial charge in [-0.3, -0.25) is 14.4 Å². The minimum Gasteiger partial charge on any atom is -0.480 e. The highest BCUT2D eigenvalue weighted by Crippen LogP contribution is 2.31. The second-order valence-corrected chi connectivity index (χ2v) is 10.4. The highest BCUT2D eigenvalue weighted by Gasteiger charge is 2.25. The quantitative estimate of drug-likeness (QED) is 0.221. The molecule has 1 aliphatic rings. The number of alkyl halides is 1. The third-order valence-corrected chi connectivity index (χ3v) is 6.95. The fraction of sp³-hybridized carbons (Fsp3) is 0.200. The first-order chi connectivity index (χ1) is 21.0. The fourth-order valence-electron chi connectivity index (χ4n) is 4.08. The van der Waals surface area contributed by atoms with Crippen molar-refractivity contribution in [3.8, 4) is 11.1 Å². The van der Waals surface area contributed by atoms with Crippen LogP contribution in [0.3, 0.4) is 0 Å². The van der Waals surface area contributed by atoms with Crippen LogP contribution in [0.5, 0.6) is 0 Å². The van der Waals surface area contributed by atoms with Crippen LogP contribution < -0.4 is 21.3 Å². The van der Waals surface area contributed by atoms with Gasteiger partial charge in [-0.1, -0.05) is 59.6 Å². The van der Waals surface area contributed by atoms with E-state index in [1.54, 1.807) is 24.3 Å². The van der Waals surface area contributed by atoms with E-state index in [1.165, 1.54) is 19.1 Å². The molecule has 0 bridgehead atoms. The molecule has 4 rings (SSSR count). The predicted molar refractivity (Wildman–Crippen MR) is 167 cm³/mol. The summed E-state index contributed by atoms with van der Waals surface area (Å²) in [4.78, 5) is 58.0. The molecule has 1 heterocycles. The average Bonchev–Trinajstić information content (AvgIpc) is 3.00. The third kappa shape index (κ3) is 8.39. The highest BCUT2D eigenvalue weighted by atomic mass is 35.5. The number of hydrogen-bond acceptors (Lipinski definition) is 7. The molecule has 14 heteroatoms. The first-order valence-electron chi connectivity index (χ1n) is 13.3. The van der Waals surface area contributed by atoms with Crippen LogP contribution in [-0.2, 0) is 9.59 Å². The molecule has 1 aliphatic heterocycles. The molecule has 0 radical (unpaired) electrons. The van der Waals surface area contributed by atoms with Gasteiger partial charge in [-0.25, -0.2) is 19.2 Å². The second-order valence-electron chi connectivity index (χ2n) is 9.63. The lowest BCUT2D eigenvalue weighted by molar-refractivity contribution is -0.139. The van der Waals surface area contributed by atoms with Gasteiger partial charge in [0.2, 0.25) is 0 Å². The standard InChI is InChI=1S/C30H27Cl2FN6O5/c1-16(37-27(41)18-8-5-9-21(10-18)38-30-35-13-20(33)14-36-30)26(40)34-15-24(29(43)44)39-28(42)25-22(31)11-19(12-23(25)32)17-6-3-2-4-7-17/h2-12,20,24H,13-15H2,1H3,(H,34,40)(H,39,42)(H,43,44)(H2,35,36,38)/t24-/m1/s1. The van der Waals surface area contributed by atoms with Gasteiger partial charge in [0, 0.05) is 17.8 Å². The van der Waals surface area contributed by atoms with E-state index in [2.05, 4.69) is 31.3 Å². The van der Waals surface area contributed by atoms with E-state index in [0.29, 0.717) is 17.2 Å². The molecule has 5 N–H and O–H groups in total. The molecule has 44 heavy (non-hydrogen) atoms. The lowest BCUT2D eigenvalue weighted by atomic mass is 10.0. The Morgan fingerprint density at radius 3 is 2.39 bits per heavy atom. The summed E-state index contributed by atoms with van der Waals surface area (Å²) < 4.78 is 13.3. The first-order valence-corrected chi connectivity index (χ1v) is 14.0. The Morgan fingerprint density at radius 1 is 1.05 bits per heavy atom. The lowest BCUT2D eigenvalue weighted by Gasteiger charge is -2.18. The van der Waals surface area contributed by atoms with Crippen LogP contribution in [0, 0.1) is 0 Å². The van der Waals surface area contributed by atoms with Crippen LogP contribution in [0.25, 0.3) is 11.1 Å². The Bertz CT molecular complexity index is 1630. The smallest absolute Gasteiger partial charge is 0.328 e. The Labute approximate surface area is 261 Å². The largest absolute Gasteiger partial charge is 0.480 e. The summed E-state index contributed by atoms with van der Waals surface area (Å²) in [5, 5.41) is 20.1. The third-order valence-electron chi connectivity index (χ3n) is 6.36. The molecule has 228 valence electrons. The van der Waals surface area contributed by atoms with Gasteiger partial charge >= 0.3 is 5.97 Å². The SMILES string of the molecule is CC(=NC(=O)c1cccc(NC2=NCC(F)CN2)c1)C(=O)NC[C@@H](NC(=O)c1c(Cl)cc(-c2ccccc2)cc1Cl)C(=O)O. The summed E-state index contributed by atoms with van der Waals surface area (Å²) in [6, 6.07) is 17.0. The summed E-state index contributed by atoms with van der Waals surface area (Å²) in [5.41, 5.74) is 1.77. The molecule has 0 spiro atoms. The van der Waals surface area contributed by atoms with Gasteiger partial charge in [0.15, 0.2) is 5.96 Å². The van der Waals surface area contributed by atoms with Crippen LogP contribution in [0.1, 0.15) is 27.6 Å². The molecule has 3 amide bonds.